The van der Waals surface area contributed by atoms with E-state index in [1.54, 1.807) is 15.6 Å². The van der Waals surface area contributed by atoms with Gasteiger partial charge in [0.25, 0.3) is 0 Å². The van der Waals surface area contributed by atoms with Crippen LogP contribution >= 0.6 is 11.3 Å². The Labute approximate surface area is 129 Å². The van der Waals surface area contributed by atoms with Crippen LogP contribution in [0.25, 0.3) is 0 Å². The van der Waals surface area contributed by atoms with Gasteiger partial charge in [-0.2, -0.15) is 5.26 Å². The molecule has 5 nitrogen and oxygen atoms in total. The molecule has 1 atom stereocenters. The largest absolute Gasteiger partial charge is 0.297 e. The average molecular weight is 325 g/mol. The van der Waals surface area contributed by atoms with Crippen LogP contribution in [0.4, 0.5) is 0 Å². The third kappa shape index (κ3) is 3.14. The third-order valence-electron chi connectivity index (χ3n) is 4.24. The zero-order valence-electron chi connectivity index (χ0n) is 11.9. The monoisotopic (exact) mass is 325 g/mol. The van der Waals surface area contributed by atoms with Crippen molar-refractivity contribution in [1.29, 1.82) is 5.26 Å². The molecule has 0 amide bonds. The van der Waals surface area contributed by atoms with E-state index in [0.29, 0.717) is 25.2 Å². The number of hydrogen-bond donors (Lipinski definition) is 0. The van der Waals surface area contributed by atoms with Crippen LogP contribution in [-0.2, 0) is 16.6 Å². The van der Waals surface area contributed by atoms with Gasteiger partial charge in [0.15, 0.2) is 0 Å². The van der Waals surface area contributed by atoms with Gasteiger partial charge in [0, 0.05) is 36.4 Å². The molecule has 2 aliphatic rings. The molecular weight excluding hydrogens is 306 g/mol. The fraction of sp³-hybridized carbons (Fsp3) is 0.643. The fourth-order valence-electron chi connectivity index (χ4n) is 3.08. The van der Waals surface area contributed by atoms with E-state index in [1.807, 2.05) is 11.4 Å². The zero-order chi connectivity index (χ0) is 14.9. The molecule has 1 aromatic heterocycles. The number of thiophene rings is 1. The summed E-state index contributed by atoms with van der Waals surface area (Å²) in [6.45, 7) is 3.55. The minimum absolute atomic E-state index is 0.258. The lowest BCUT2D eigenvalue weighted by atomic mass is 10.3. The van der Waals surface area contributed by atoms with Crippen LogP contribution in [-0.4, -0.2) is 49.1 Å². The highest BCUT2D eigenvalue weighted by Crippen LogP contribution is 2.25. The van der Waals surface area contributed by atoms with Gasteiger partial charge in [-0.05, 0) is 31.9 Å². The van der Waals surface area contributed by atoms with Gasteiger partial charge in [-0.25, -0.2) is 12.7 Å². The Morgan fingerprint density at radius 3 is 2.76 bits per heavy atom. The van der Waals surface area contributed by atoms with Crippen LogP contribution in [0, 0.1) is 11.3 Å². The molecule has 0 bridgehead atoms. The summed E-state index contributed by atoms with van der Waals surface area (Å²) in [5.74, 6) is 0. The van der Waals surface area contributed by atoms with Gasteiger partial charge >= 0.3 is 0 Å². The van der Waals surface area contributed by atoms with Crippen molar-refractivity contribution < 1.29 is 8.42 Å². The van der Waals surface area contributed by atoms with Crippen molar-refractivity contribution in [3.63, 3.8) is 0 Å². The molecule has 0 spiro atoms. The third-order valence-corrected chi connectivity index (χ3v) is 7.47. The van der Waals surface area contributed by atoms with Gasteiger partial charge in [0.1, 0.15) is 6.07 Å². The van der Waals surface area contributed by atoms with Crippen molar-refractivity contribution >= 4 is 21.4 Å². The molecular formula is C14H19N3O2S2. The van der Waals surface area contributed by atoms with Crippen molar-refractivity contribution in [3.05, 3.63) is 21.9 Å². The number of nitrogens with zero attached hydrogens (tertiary/aromatic N) is 3. The van der Waals surface area contributed by atoms with E-state index in [9.17, 15) is 8.42 Å². The first-order valence-corrected chi connectivity index (χ1v) is 9.67. The van der Waals surface area contributed by atoms with Gasteiger partial charge in [-0.3, -0.25) is 4.90 Å². The topological polar surface area (TPSA) is 64.4 Å². The highest BCUT2D eigenvalue weighted by Gasteiger charge is 2.38. The highest BCUT2D eigenvalue weighted by atomic mass is 32.2. The second kappa shape index (κ2) is 6.05. The van der Waals surface area contributed by atoms with Crippen LogP contribution in [0.3, 0.4) is 0 Å². The maximum Gasteiger partial charge on any atom is 0.218 e. The van der Waals surface area contributed by atoms with Crippen LogP contribution in [0.1, 0.15) is 29.7 Å². The summed E-state index contributed by atoms with van der Waals surface area (Å²) >= 11 is 1.57. The molecule has 2 aliphatic heterocycles. The van der Waals surface area contributed by atoms with Crippen LogP contribution < -0.4 is 0 Å². The Kier molecular flexibility index (Phi) is 4.31. The van der Waals surface area contributed by atoms with E-state index in [-0.39, 0.29) is 5.25 Å². The van der Waals surface area contributed by atoms with Crippen molar-refractivity contribution in [2.75, 3.05) is 26.2 Å². The van der Waals surface area contributed by atoms with Crippen molar-refractivity contribution in [3.8, 4) is 6.07 Å². The highest BCUT2D eigenvalue weighted by molar-refractivity contribution is 7.89. The van der Waals surface area contributed by atoms with E-state index in [2.05, 4.69) is 11.0 Å². The summed E-state index contributed by atoms with van der Waals surface area (Å²) in [5, 5.41) is 10.4. The second-order valence-corrected chi connectivity index (χ2v) is 8.92. The smallest absolute Gasteiger partial charge is 0.218 e. The zero-order valence-corrected chi connectivity index (χ0v) is 13.5. The van der Waals surface area contributed by atoms with Crippen molar-refractivity contribution in [2.45, 2.75) is 31.1 Å². The molecule has 3 rings (SSSR count). The number of nitriles is 1. The normalized spacial score (nSPS) is 24.4. The summed E-state index contributed by atoms with van der Waals surface area (Å²) in [5.41, 5.74) is 0.690. The standard InChI is InChI=1S/C14H19N3O2S2/c15-8-12-7-13(20-11-12)9-16-6-3-14(10-16)21(18,19)17-4-1-2-5-17/h7,11,14H,1-6,9-10H2/t14-/m1/s1. The van der Waals surface area contributed by atoms with Gasteiger partial charge in [-0.1, -0.05) is 0 Å². The van der Waals surface area contributed by atoms with Gasteiger partial charge in [-0.15, -0.1) is 11.3 Å². The van der Waals surface area contributed by atoms with Gasteiger partial charge < -0.3 is 0 Å². The predicted molar refractivity (Wildman–Crippen MR) is 82.4 cm³/mol. The molecule has 1 aromatic rings. The molecule has 0 unspecified atom stereocenters. The molecule has 21 heavy (non-hydrogen) atoms. The molecule has 0 aromatic carbocycles. The summed E-state index contributed by atoms with van der Waals surface area (Å²) in [7, 11) is -3.12. The molecule has 0 aliphatic carbocycles. The first kappa shape index (κ1) is 15.0. The lowest BCUT2D eigenvalue weighted by Crippen LogP contribution is -2.38. The van der Waals surface area contributed by atoms with E-state index < -0.39 is 10.0 Å². The summed E-state index contributed by atoms with van der Waals surface area (Å²) < 4.78 is 26.8. The minimum atomic E-state index is -3.12. The number of likely N-dealkylation sites (tertiary alicyclic amines) is 1. The maximum absolute atomic E-state index is 12.5. The quantitative estimate of drug-likeness (QED) is 0.844. The van der Waals surface area contributed by atoms with Crippen LogP contribution in [0.5, 0.6) is 0 Å². The van der Waals surface area contributed by atoms with Crippen LogP contribution in [0.15, 0.2) is 11.4 Å². The maximum atomic E-state index is 12.5. The molecule has 114 valence electrons. The van der Waals surface area contributed by atoms with Crippen molar-refractivity contribution in [1.82, 2.24) is 9.21 Å². The molecule has 3 heterocycles. The Morgan fingerprint density at radius 1 is 1.33 bits per heavy atom. The first-order chi connectivity index (χ1) is 10.1. The number of hydrogen-bond acceptors (Lipinski definition) is 5. The Hall–Kier alpha value is -0.940. The summed E-state index contributed by atoms with van der Waals surface area (Å²) in [6.07, 6.45) is 2.69. The minimum Gasteiger partial charge on any atom is -0.297 e. The second-order valence-electron chi connectivity index (χ2n) is 5.71. The van der Waals surface area contributed by atoms with E-state index in [0.717, 1.165) is 37.2 Å². The Morgan fingerprint density at radius 2 is 2.10 bits per heavy atom. The van der Waals surface area contributed by atoms with Crippen LogP contribution in [0.2, 0.25) is 0 Å². The molecule has 0 radical (unpaired) electrons. The van der Waals surface area contributed by atoms with Gasteiger partial charge in [0.05, 0.1) is 10.8 Å². The fourth-order valence-corrected chi connectivity index (χ4v) is 5.92. The number of rotatable bonds is 4. The molecule has 0 saturated carbocycles. The first-order valence-electron chi connectivity index (χ1n) is 7.28. The van der Waals surface area contributed by atoms with Gasteiger partial charge in [0.2, 0.25) is 10.0 Å². The Bertz CT molecular complexity index is 641. The lowest BCUT2D eigenvalue weighted by Gasteiger charge is -2.21. The summed E-state index contributed by atoms with van der Waals surface area (Å²) in [6, 6.07) is 4.03. The van der Waals surface area contributed by atoms with E-state index >= 15 is 0 Å². The van der Waals surface area contributed by atoms with E-state index in [4.69, 9.17) is 5.26 Å². The molecule has 7 heteroatoms. The molecule has 0 N–H and O–H groups in total. The summed E-state index contributed by atoms with van der Waals surface area (Å²) in [4.78, 5) is 3.32. The molecule has 2 saturated heterocycles. The molecule has 2 fully saturated rings. The average Bonchev–Trinajstić information content (AvgIpc) is 3.21. The lowest BCUT2D eigenvalue weighted by molar-refractivity contribution is 0.333. The Balaban J connectivity index is 1.61. The predicted octanol–water partition coefficient (Wildman–Crippen LogP) is 1.62. The van der Waals surface area contributed by atoms with Crippen molar-refractivity contribution in [2.24, 2.45) is 0 Å². The number of sulfonamides is 1. The van der Waals surface area contributed by atoms with E-state index in [1.165, 1.54) is 0 Å². The SMILES string of the molecule is N#Cc1csc(CN2CC[C@@H](S(=O)(=O)N3CCCC3)C2)c1.